The Labute approximate surface area is 125 Å². The third kappa shape index (κ3) is 2.87. The molecule has 0 aliphatic carbocycles. The van der Waals surface area contributed by atoms with E-state index in [4.69, 9.17) is 23.2 Å². The van der Waals surface area contributed by atoms with Crippen LogP contribution in [0.1, 0.15) is 28.9 Å². The second-order valence-electron chi connectivity index (χ2n) is 4.09. The highest BCUT2D eigenvalue weighted by Crippen LogP contribution is 2.41. The predicted molar refractivity (Wildman–Crippen MR) is 80.8 cm³/mol. The van der Waals surface area contributed by atoms with E-state index in [1.54, 1.807) is 12.3 Å². The van der Waals surface area contributed by atoms with Gasteiger partial charge in [-0.3, -0.25) is 4.98 Å². The van der Waals surface area contributed by atoms with Crippen molar-refractivity contribution >= 4 is 39.1 Å². The Morgan fingerprint density at radius 3 is 2.56 bits per heavy atom. The maximum Gasteiger partial charge on any atom is 0.0635 e. The van der Waals surface area contributed by atoms with Crippen LogP contribution in [0.25, 0.3) is 0 Å². The lowest BCUT2D eigenvalue weighted by Gasteiger charge is -2.19. The summed E-state index contributed by atoms with van der Waals surface area (Å²) in [6, 6.07) is 11.6. The Morgan fingerprint density at radius 1 is 1.11 bits per heavy atom. The van der Waals surface area contributed by atoms with Gasteiger partial charge in [-0.05, 0) is 23.8 Å². The summed E-state index contributed by atoms with van der Waals surface area (Å²) in [4.78, 5) is 4.45. The fourth-order valence-corrected chi connectivity index (χ4v) is 3.01. The number of rotatable bonds is 3. The molecule has 94 valence electrons. The van der Waals surface area contributed by atoms with Crippen molar-refractivity contribution in [2.24, 2.45) is 0 Å². The highest BCUT2D eigenvalue weighted by molar-refractivity contribution is 9.09. The lowest BCUT2D eigenvalue weighted by Crippen LogP contribution is -2.04. The molecule has 2 atom stereocenters. The van der Waals surface area contributed by atoms with Crippen molar-refractivity contribution in [1.29, 1.82) is 0 Å². The number of alkyl halides is 1. The molecule has 0 amide bonds. The van der Waals surface area contributed by atoms with Crippen molar-refractivity contribution in [3.8, 4) is 0 Å². The molecule has 0 saturated carbocycles. The summed E-state index contributed by atoms with van der Waals surface area (Å²) in [5.41, 5.74) is 2.01. The van der Waals surface area contributed by atoms with Gasteiger partial charge in [0.1, 0.15) is 0 Å². The van der Waals surface area contributed by atoms with Crippen LogP contribution in [0.4, 0.5) is 0 Å². The summed E-state index contributed by atoms with van der Waals surface area (Å²) < 4.78 is 0. The number of hydrogen-bond donors (Lipinski definition) is 0. The van der Waals surface area contributed by atoms with E-state index in [9.17, 15) is 0 Å². The summed E-state index contributed by atoms with van der Waals surface area (Å²) in [5, 5.41) is 1.18. The smallest absolute Gasteiger partial charge is 0.0635 e. The molecule has 4 heteroatoms. The average Bonchev–Trinajstić information content (AvgIpc) is 2.41. The summed E-state index contributed by atoms with van der Waals surface area (Å²) in [5.74, 6) is 0.210. The molecule has 0 bridgehead atoms. The van der Waals surface area contributed by atoms with E-state index >= 15 is 0 Å². The van der Waals surface area contributed by atoms with Gasteiger partial charge in [-0.2, -0.15) is 0 Å². The molecule has 0 N–H and O–H groups in total. The molecule has 2 rings (SSSR count). The van der Waals surface area contributed by atoms with Gasteiger partial charge >= 0.3 is 0 Å². The van der Waals surface area contributed by atoms with Crippen LogP contribution >= 0.6 is 39.1 Å². The molecule has 0 aliphatic rings. The lowest BCUT2D eigenvalue weighted by molar-refractivity contribution is 0.724. The monoisotopic (exact) mass is 343 g/mol. The topological polar surface area (TPSA) is 12.9 Å². The molecule has 0 saturated heterocycles. The number of benzene rings is 1. The van der Waals surface area contributed by atoms with Gasteiger partial charge in [-0.1, -0.05) is 64.3 Å². The quantitative estimate of drug-likeness (QED) is 0.657. The normalized spacial score (nSPS) is 14.2. The molecule has 2 aromatic rings. The highest BCUT2D eigenvalue weighted by atomic mass is 79.9. The number of aromatic nitrogens is 1. The summed E-state index contributed by atoms with van der Waals surface area (Å²) in [6.07, 6.45) is 1.80. The summed E-state index contributed by atoms with van der Waals surface area (Å²) >= 11 is 16.0. The Bertz CT molecular complexity index is 531. The molecule has 2 unspecified atom stereocenters. The number of nitrogens with zero attached hydrogens (tertiary/aromatic N) is 1. The fraction of sp³-hybridized carbons (Fsp3) is 0.214. The van der Waals surface area contributed by atoms with Crippen molar-refractivity contribution < 1.29 is 0 Å². The zero-order valence-corrected chi connectivity index (χ0v) is 12.9. The zero-order chi connectivity index (χ0) is 13.1. The molecule has 1 nitrogen and oxygen atoms in total. The minimum absolute atomic E-state index is 0.0820. The molecule has 0 fully saturated rings. The van der Waals surface area contributed by atoms with Gasteiger partial charge < -0.3 is 0 Å². The van der Waals surface area contributed by atoms with Crippen LogP contribution < -0.4 is 0 Å². The molecule has 18 heavy (non-hydrogen) atoms. The first-order valence-corrected chi connectivity index (χ1v) is 7.27. The second-order valence-corrected chi connectivity index (χ2v) is 5.86. The summed E-state index contributed by atoms with van der Waals surface area (Å²) in [6.45, 7) is 2.11. The van der Waals surface area contributed by atoms with Crippen molar-refractivity contribution in [2.45, 2.75) is 17.7 Å². The van der Waals surface area contributed by atoms with Crippen molar-refractivity contribution in [2.75, 3.05) is 0 Å². The molecule has 1 aromatic heterocycles. The van der Waals surface area contributed by atoms with Crippen LogP contribution in [-0.2, 0) is 0 Å². The van der Waals surface area contributed by atoms with Crippen LogP contribution in [0, 0.1) is 0 Å². The Hall–Kier alpha value is -0.570. The van der Waals surface area contributed by atoms with Gasteiger partial charge in [0.05, 0.1) is 10.0 Å². The van der Waals surface area contributed by atoms with E-state index in [0.29, 0.717) is 10.0 Å². The molecule has 0 radical (unpaired) electrons. The summed E-state index contributed by atoms with van der Waals surface area (Å²) in [7, 11) is 0. The largest absolute Gasteiger partial charge is 0.261 e. The molecule has 0 spiro atoms. The zero-order valence-electron chi connectivity index (χ0n) is 9.78. The predicted octanol–water partition coefficient (Wildman–Crippen LogP) is 5.63. The maximum atomic E-state index is 6.24. The van der Waals surface area contributed by atoms with Crippen LogP contribution in [0.3, 0.4) is 0 Å². The first kappa shape index (κ1) is 13.9. The van der Waals surface area contributed by atoms with E-state index < -0.39 is 0 Å². The standard InChI is InChI=1S/C14H12BrCl2N/c1-9(12-7-2-3-8-18-12)13(15)10-5-4-6-11(16)14(10)17/h2-9,13H,1H3. The van der Waals surface area contributed by atoms with E-state index in [-0.39, 0.29) is 10.7 Å². The molecular weight excluding hydrogens is 333 g/mol. The number of hydrogen-bond acceptors (Lipinski definition) is 1. The Kier molecular flexibility index (Phi) is 4.66. The van der Waals surface area contributed by atoms with Crippen LogP contribution in [0.5, 0.6) is 0 Å². The number of halogens is 3. The number of pyridine rings is 1. The van der Waals surface area contributed by atoms with Gasteiger partial charge in [0.25, 0.3) is 0 Å². The van der Waals surface area contributed by atoms with Crippen molar-refractivity contribution in [3.05, 3.63) is 63.9 Å². The second kappa shape index (κ2) is 6.05. The maximum absolute atomic E-state index is 6.24. The van der Waals surface area contributed by atoms with Gasteiger partial charge in [-0.15, -0.1) is 0 Å². The first-order valence-electron chi connectivity index (χ1n) is 5.60. The van der Waals surface area contributed by atoms with Crippen LogP contribution in [0.15, 0.2) is 42.6 Å². The molecule has 1 heterocycles. The minimum atomic E-state index is 0.0820. The molecule has 1 aromatic carbocycles. The fourth-order valence-electron chi connectivity index (χ4n) is 1.80. The van der Waals surface area contributed by atoms with E-state index in [1.165, 1.54) is 0 Å². The van der Waals surface area contributed by atoms with Crippen molar-refractivity contribution in [1.82, 2.24) is 4.98 Å². The first-order chi connectivity index (χ1) is 8.61. The van der Waals surface area contributed by atoms with E-state index in [2.05, 4.69) is 27.8 Å². The van der Waals surface area contributed by atoms with E-state index in [1.807, 2.05) is 30.3 Å². The molecular formula is C14H12BrCl2N. The average molecular weight is 345 g/mol. The third-order valence-corrected chi connectivity index (χ3v) is 4.99. The minimum Gasteiger partial charge on any atom is -0.261 e. The third-order valence-electron chi connectivity index (χ3n) is 2.87. The molecule has 0 aliphatic heterocycles. The highest BCUT2D eigenvalue weighted by Gasteiger charge is 2.21. The van der Waals surface area contributed by atoms with Gasteiger partial charge in [0.15, 0.2) is 0 Å². The van der Waals surface area contributed by atoms with Crippen LogP contribution in [-0.4, -0.2) is 4.98 Å². The Balaban J connectivity index is 2.31. The lowest BCUT2D eigenvalue weighted by atomic mass is 9.97. The van der Waals surface area contributed by atoms with E-state index in [0.717, 1.165) is 11.3 Å². The van der Waals surface area contributed by atoms with Crippen LogP contribution in [0.2, 0.25) is 10.0 Å². The van der Waals surface area contributed by atoms with Gasteiger partial charge in [0, 0.05) is 22.6 Å². The van der Waals surface area contributed by atoms with Gasteiger partial charge in [0.2, 0.25) is 0 Å². The SMILES string of the molecule is CC(c1ccccn1)C(Br)c1cccc(Cl)c1Cl. The van der Waals surface area contributed by atoms with Crippen molar-refractivity contribution in [3.63, 3.8) is 0 Å². The Morgan fingerprint density at radius 2 is 1.89 bits per heavy atom. The van der Waals surface area contributed by atoms with Gasteiger partial charge in [-0.25, -0.2) is 0 Å².